The molecule has 0 fully saturated rings. The van der Waals surface area contributed by atoms with E-state index in [4.69, 9.17) is 0 Å². The molecule has 1 aromatic heterocycles. The van der Waals surface area contributed by atoms with Crippen LogP contribution in [0.15, 0.2) is 12.4 Å². The van der Waals surface area contributed by atoms with Crippen LogP contribution in [0.2, 0.25) is 0 Å². The Morgan fingerprint density at radius 2 is 1.38 bits per heavy atom. The predicted molar refractivity (Wildman–Crippen MR) is 56.8 cm³/mol. The number of aryl methyl sites for hydroxylation is 1. The SMILES string of the molecule is CC.Cc1ncc(C(C)(C)C)cn1. The lowest BCUT2D eigenvalue weighted by molar-refractivity contribution is 0.583. The summed E-state index contributed by atoms with van der Waals surface area (Å²) < 4.78 is 0. The van der Waals surface area contributed by atoms with Crippen molar-refractivity contribution in [2.45, 2.75) is 47.0 Å². The number of hydrogen-bond donors (Lipinski definition) is 0. The number of hydrogen-bond acceptors (Lipinski definition) is 2. The molecule has 0 aliphatic rings. The number of nitrogens with zero attached hydrogens (tertiary/aromatic N) is 2. The van der Waals surface area contributed by atoms with Crippen LogP contribution in [-0.2, 0) is 5.41 Å². The van der Waals surface area contributed by atoms with E-state index >= 15 is 0 Å². The Bertz CT molecular complexity index is 231. The van der Waals surface area contributed by atoms with Gasteiger partial charge in [-0.15, -0.1) is 0 Å². The van der Waals surface area contributed by atoms with Gasteiger partial charge >= 0.3 is 0 Å². The van der Waals surface area contributed by atoms with Crippen molar-refractivity contribution in [3.8, 4) is 0 Å². The molecule has 0 aliphatic carbocycles. The zero-order valence-electron chi connectivity index (χ0n) is 9.55. The largest absolute Gasteiger partial charge is 0.241 e. The lowest BCUT2D eigenvalue weighted by Crippen LogP contribution is -2.12. The average Bonchev–Trinajstić information content (AvgIpc) is 2.07. The van der Waals surface area contributed by atoms with Gasteiger partial charge in [-0.2, -0.15) is 0 Å². The molecule has 2 heteroatoms. The third kappa shape index (κ3) is 4.02. The van der Waals surface area contributed by atoms with Gasteiger partial charge in [-0.3, -0.25) is 0 Å². The summed E-state index contributed by atoms with van der Waals surface area (Å²) >= 11 is 0. The lowest BCUT2D eigenvalue weighted by Gasteiger charge is -2.17. The summed E-state index contributed by atoms with van der Waals surface area (Å²) in [6.07, 6.45) is 3.78. The Labute approximate surface area is 81.4 Å². The van der Waals surface area contributed by atoms with E-state index in [1.54, 1.807) is 0 Å². The fraction of sp³-hybridized carbons (Fsp3) is 0.636. The molecule has 0 atom stereocenters. The summed E-state index contributed by atoms with van der Waals surface area (Å²) in [4.78, 5) is 8.27. The van der Waals surface area contributed by atoms with Crippen LogP contribution in [0.1, 0.15) is 46.0 Å². The van der Waals surface area contributed by atoms with Gasteiger partial charge in [0.15, 0.2) is 0 Å². The summed E-state index contributed by atoms with van der Waals surface area (Å²) in [6, 6.07) is 0. The first-order chi connectivity index (χ1) is 6.00. The smallest absolute Gasteiger partial charge is 0.125 e. The molecule has 1 heterocycles. The van der Waals surface area contributed by atoms with Crippen LogP contribution >= 0.6 is 0 Å². The van der Waals surface area contributed by atoms with Crippen molar-refractivity contribution < 1.29 is 0 Å². The highest BCUT2D eigenvalue weighted by Crippen LogP contribution is 2.19. The Morgan fingerprint density at radius 1 is 1.00 bits per heavy atom. The van der Waals surface area contributed by atoms with Crippen molar-refractivity contribution in [3.05, 3.63) is 23.8 Å². The van der Waals surface area contributed by atoms with Gasteiger partial charge in [0.1, 0.15) is 5.82 Å². The predicted octanol–water partition coefficient (Wildman–Crippen LogP) is 3.11. The quantitative estimate of drug-likeness (QED) is 0.613. The molecule has 0 unspecified atom stereocenters. The van der Waals surface area contributed by atoms with Crippen LogP contribution in [0, 0.1) is 6.92 Å². The summed E-state index contributed by atoms with van der Waals surface area (Å²) in [7, 11) is 0. The summed E-state index contributed by atoms with van der Waals surface area (Å²) in [5.41, 5.74) is 1.34. The normalized spacial score (nSPS) is 10.3. The standard InChI is InChI=1S/C9H14N2.C2H6/c1-7-10-5-8(6-11-7)9(2,3)4;1-2/h5-6H,1-4H3;1-2H3. The molecule has 0 aliphatic heterocycles. The van der Waals surface area contributed by atoms with E-state index in [-0.39, 0.29) is 5.41 Å². The van der Waals surface area contributed by atoms with E-state index in [9.17, 15) is 0 Å². The van der Waals surface area contributed by atoms with Crippen molar-refractivity contribution in [2.24, 2.45) is 0 Å². The molecule has 0 radical (unpaired) electrons. The van der Waals surface area contributed by atoms with Gasteiger partial charge < -0.3 is 0 Å². The topological polar surface area (TPSA) is 25.8 Å². The third-order valence-electron chi connectivity index (χ3n) is 1.65. The van der Waals surface area contributed by atoms with Crippen LogP contribution in [0.4, 0.5) is 0 Å². The molecular weight excluding hydrogens is 160 g/mol. The third-order valence-corrected chi connectivity index (χ3v) is 1.65. The van der Waals surface area contributed by atoms with Crippen molar-refractivity contribution in [1.29, 1.82) is 0 Å². The van der Waals surface area contributed by atoms with E-state index in [0.29, 0.717) is 0 Å². The molecule has 1 rings (SSSR count). The maximum absolute atomic E-state index is 4.13. The minimum absolute atomic E-state index is 0.160. The number of rotatable bonds is 0. The Kier molecular flexibility index (Phi) is 4.60. The Hall–Kier alpha value is -0.920. The summed E-state index contributed by atoms with van der Waals surface area (Å²) in [6.45, 7) is 12.4. The minimum atomic E-state index is 0.160. The van der Waals surface area contributed by atoms with Crippen molar-refractivity contribution >= 4 is 0 Å². The monoisotopic (exact) mass is 180 g/mol. The first-order valence-electron chi connectivity index (χ1n) is 4.79. The molecule has 0 saturated heterocycles. The second-order valence-corrected chi connectivity index (χ2v) is 3.77. The van der Waals surface area contributed by atoms with Gasteiger partial charge in [0.05, 0.1) is 0 Å². The van der Waals surface area contributed by atoms with E-state index in [1.807, 2.05) is 33.2 Å². The highest BCUT2D eigenvalue weighted by atomic mass is 14.8. The van der Waals surface area contributed by atoms with Crippen LogP contribution < -0.4 is 0 Å². The van der Waals surface area contributed by atoms with Gasteiger partial charge in [-0.1, -0.05) is 34.6 Å². The van der Waals surface area contributed by atoms with Crippen LogP contribution in [0.3, 0.4) is 0 Å². The molecule has 0 N–H and O–H groups in total. The fourth-order valence-electron chi connectivity index (χ4n) is 0.780. The molecule has 0 amide bonds. The van der Waals surface area contributed by atoms with Gasteiger partial charge in [-0.25, -0.2) is 9.97 Å². The lowest BCUT2D eigenvalue weighted by atomic mass is 9.89. The molecule has 1 aromatic rings. The molecule has 2 nitrogen and oxygen atoms in total. The second kappa shape index (κ2) is 4.95. The Morgan fingerprint density at radius 3 is 1.69 bits per heavy atom. The van der Waals surface area contributed by atoms with Crippen molar-refractivity contribution in [2.75, 3.05) is 0 Å². The molecule has 74 valence electrons. The molecular formula is C11H20N2. The van der Waals surface area contributed by atoms with Crippen molar-refractivity contribution in [1.82, 2.24) is 9.97 Å². The first-order valence-corrected chi connectivity index (χ1v) is 4.79. The highest BCUT2D eigenvalue weighted by Gasteiger charge is 2.13. The van der Waals surface area contributed by atoms with Crippen LogP contribution in [0.25, 0.3) is 0 Å². The zero-order chi connectivity index (χ0) is 10.5. The Balaban J connectivity index is 0.000000671. The first kappa shape index (κ1) is 12.1. The van der Waals surface area contributed by atoms with E-state index < -0.39 is 0 Å². The van der Waals surface area contributed by atoms with Crippen LogP contribution in [-0.4, -0.2) is 9.97 Å². The zero-order valence-corrected chi connectivity index (χ0v) is 9.55. The maximum atomic E-state index is 4.13. The van der Waals surface area contributed by atoms with Crippen molar-refractivity contribution in [3.63, 3.8) is 0 Å². The van der Waals surface area contributed by atoms with E-state index in [2.05, 4.69) is 30.7 Å². The van der Waals surface area contributed by atoms with Gasteiger partial charge in [0.25, 0.3) is 0 Å². The number of aromatic nitrogens is 2. The highest BCUT2D eigenvalue weighted by molar-refractivity contribution is 5.14. The van der Waals surface area contributed by atoms with Gasteiger partial charge in [-0.05, 0) is 17.9 Å². The fourth-order valence-corrected chi connectivity index (χ4v) is 0.780. The molecule has 0 aromatic carbocycles. The molecule has 0 spiro atoms. The van der Waals surface area contributed by atoms with E-state index in [0.717, 1.165) is 5.82 Å². The maximum Gasteiger partial charge on any atom is 0.125 e. The molecule has 13 heavy (non-hydrogen) atoms. The average molecular weight is 180 g/mol. The summed E-state index contributed by atoms with van der Waals surface area (Å²) in [5, 5.41) is 0. The summed E-state index contributed by atoms with van der Waals surface area (Å²) in [5.74, 6) is 0.831. The molecule has 0 bridgehead atoms. The van der Waals surface area contributed by atoms with Gasteiger partial charge in [0.2, 0.25) is 0 Å². The second-order valence-electron chi connectivity index (χ2n) is 3.77. The van der Waals surface area contributed by atoms with Gasteiger partial charge in [0, 0.05) is 12.4 Å². The molecule has 0 saturated carbocycles. The van der Waals surface area contributed by atoms with E-state index in [1.165, 1.54) is 5.56 Å². The van der Waals surface area contributed by atoms with Crippen LogP contribution in [0.5, 0.6) is 0 Å². The minimum Gasteiger partial charge on any atom is -0.241 e.